The molecule has 20 heavy (non-hydrogen) atoms. The van der Waals surface area contributed by atoms with Gasteiger partial charge in [-0.1, -0.05) is 11.6 Å². The Hall–Kier alpha value is -1.72. The number of nitrogens with two attached hydrogens (primary N) is 1. The predicted molar refractivity (Wildman–Crippen MR) is 85.8 cm³/mol. The van der Waals surface area contributed by atoms with Crippen LogP contribution in [0.25, 0.3) is 0 Å². The number of amides is 1. The van der Waals surface area contributed by atoms with Gasteiger partial charge in [-0.25, -0.2) is 0 Å². The quantitative estimate of drug-likeness (QED) is 0.744. The molecule has 0 unspecified atom stereocenters. The molecule has 1 aromatic carbocycles. The van der Waals surface area contributed by atoms with Crippen LogP contribution in [0.1, 0.15) is 15.2 Å². The van der Waals surface area contributed by atoms with E-state index in [0.717, 1.165) is 23.0 Å². The monoisotopic (exact) mass is 309 g/mol. The molecule has 0 spiro atoms. The minimum absolute atomic E-state index is 0.142. The number of rotatable bonds is 5. The first-order valence-corrected chi connectivity index (χ1v) is 7.39. The first kappa shape index (κ1) is 14.7. The van der Waals surface area contributed by atoms with E-state index in [9.17, 15) is 4.79 Å². The van der Waals surface area contributed by atoms with Gasteiger partial charge in [0.25, 0.3) is 5.91 Å². The number of benzene rings is 1. The maximum atomic E-state index is 11.5. The zero-order chi connectivity index (χ0) is 14.5. The van der Waals surface area contributed by atoms with Crippen LogP contribution in [0.5, 0.6) is 0 Å². The molecule has 0 saturated heterocycles. The van der Waals surface area contributed by atoms with Crippen LogP contribution in [0.2, 0.25) is 4.34 Å². The van der Waals surface area contributed by atoms with Crippen molar-refractivity contribution in [2.75, 3.05) is 24.6 Å². The van der Waals surface area contributed by atoms with Gasteiger partial charge in [0, 0.05) is 24.0 Å². The van der Waals surface area contributed by atoms with Crippen LogP contribution in [0.15, 0.2) is 30.3 Å². The number of halogens is 1. The lowest BCUT2D eigenvalue weighted by atomic mass is 10.1. The molecule has 1 heterocycles. The van der Waals surface area contributed by atoms with Crippen LogP contribution in [0.4, 0.5) is 11.4 Å². The Morgan fingerprint density at radius 1 is 1.35 bits per heavy atom. The van der Waals surface area contributed by atoms with Crippen molar-refractivity contribution < 1.29 is 4.79 Å². The second-order valence-corrected chi connectivity index (χ2v) is 6.06. The molecule has 0 saturated carbocycles. The highest BCUT2D eigenvalue weighted by molar-refractivity contribution is 7.16. The van der Waals surface area contributed by atoms with E-state index < -0.39 is 0 Å². The molecule has 0 fully saturated rings. The minimum Gasteiger partial charge on any atom is -0.397 e. The molecule has 4 N–H and O–H groups in total. The molecule has 1 amide bonds. The van der Waals surface area contributed by atoms with E-state index in [-0.39, 0.29) is 5.91 Å². The number of anilines is 2. The molecule has 0 radical (unpaired) electrons. The maximum Gasteiger partial charge on any atom is 0.251 e. The summed E-state index contributed by atoms with van der Waals surface area (Å²) in [4.78, 5) is 12.7. The highest BCUT2D eigenvalue weighted by Gasteiger charge is 2.06. The van der Waals surface area contributed by atoms with Gasteiger partial charge in [-0.15, -0.1) is 11.3 Å². The zero-order valence-corrected chi connectivity index (χ0v) is 12.6. The fraction of sp³-hybridized carbons (Fsp3) is 0.214. The van der Waals surface area contributed by atoms with Crippen LogP contribution in [0.3, 0.4) is 0 Å². The molecule has 0 bridgehead atoms. The normalized spacial score (nSPS) is 10.3. The fourth-order valence-corrected chi connectivity index (χ4v) is 2.90. The molecular formula is C14H16ClN3OS. The van der Waals surface area contributed by atoms with E-state index in [1.807, 2.05) is 18.2 Å². The van der Waals surface area contributed by atoms with E-state index in [0.29, 0.717) is 11.3 Å². The van der Waals surface area contributed by atoms with E-state index in [1.165, 1.54) is 4.88 Å². The van der Waals surface area contributed by atoms with Crippen LogP contribution in [0, 0.1) is 0 Å². The van der Waals surface area contributed by atoms with Crippen molar-refractivity contribution >= 4 is 40.2 Å². The van der Waals surface area contributed by atoms with Crippen molar-refractivity contribution in [1.82, 2.24) is 5.32 Å². The maximum absolute atomic E-state index is 11.5. The zero-order valence-electron chi connectivity index (χ0n) is 11.1. The van der Waals surface area contributed by atoms with Gasteiger partial charge in [0.15, 0.2) is 0 Å². The Labute approximate surface area is 126 Å². The molecule has 2 rings (SSSR count). The Kier molecular flexibility index (Phi) is 4.87. The van der Waals surface area contributed by atoms with Crippen LogP contribution in [-0.4, -0.2) is 19.5 Å². The van der Waals surface area contributed by atoms with E-state index in [4.69, 9.17) is 17.3 Å². The molecule has 6 heteroatoms. The van der Waals surface area contributed by atoms with Gasteiger partial charge in [0.2, 0.25) is 0 Å². The van der Waals surface area contributed by atoms with Crippen molar-refractivity contribution in [2.24, 2.45) is 0 Å². The molecular weight excluding hydrogens is 294 g/mol. The lowest BCUT2D eigenvalue weighted by Crippen LogP contribution is -2.18. The van der Waals surface area contributed by atoms with Crippen molar-refractivity contribution in [3.05, 3.63) is 45.1 Å². The minimum atomic E-state index is -0.142. The number of nitrogen functional groups attached to an aromatic ring is 1. The summed E-state index contributed by atoms with van der Waals surface area (Å²) in [5.74, 6) is -0.142. The van der Waals surface area contributed by atoms with Gasteiger partial charge in [-0.2, -0.15) is 0 Å². The summed E-state index contributed by atoms with van der Waals surface area (Å²) >= 11 is 7.46. The highest BCUT2D eigenvalue weighted by atomic mass is 35.5. The van der Waals surface area contributed by atoms with Crippen molar-refractivity contribution in [3.63, 3.8) is 0 Å². The molecule has 0 atom stereocenters. The molecule has 0 aliphatic rings. The second-order valence-electron chi connectivity index (χ2n) is 4.26. The topological polar surface area (TPSA) is 67.2 Å². The van der Waals surface area contributed by atoms with Gasteiger partial charge in [0.1, 0.15) is 0 Å². The molecule has 2 aromatic rings. The average molecular weight is 310 g/mol. The van der Waals surface area contributed by atoms with E-state index >= 15 is 0 Å². The Morgan fingerprint density at radius 2 is 2.15 bits per heavy atom. The average Bonchev–Trinajstić information content (AvgIpc) is 2.85. The summed E-state index contributed by atoms with van der Waals surface area (Å²) in [6.07, 6.45) is 0.883. The summed E-state index contributed by atoms with van der Waals surface area (Å²) in [7, 11) is 1.59. The molecule has 0 aliphatic carbocycles. The number of carbonyl (C=O) groups excluding carboxylic acids is 1. The molecule has 106 valence electrons. The summed E-state index contributed by atoms with van der Waals surface area (Å²) in [6, 6.07) is 9.16. The summed E-state index contributed by atoms with van der Waals surface area (Å²) < 4.78 is 0.800. The van der Waals surface area contributed by atoms with Crippen LogP contribution >= 0.6 is 22.9 Å². The number of hydrogen-bond donors (Lipinski definition) is 3. The third kappa shape index (κ3) is 3.65. The van der Waals surface area contributed by atoms with Gasteiger partial charge >= 0.3 is 0 Å². The third-order valence-electron chi connectivity index (χ3n) is 2.86. The molecule has 4 nitrogen and oxygen atoms in total. The Morgan fingerprint density at radius 3 is 2.75 bits per heavy atom. The summed E-state index contributed by atoms with van der Waals surface area (Å²) in [5, 5.41) is 5.83. The van der Waals surface area contributed by atoms with Crippen molar-refractivity contribution in [2.45, 2.75) is 6.42 Å². The number of nitrogens with one attached hydrogen (secondary N) is 2. The smallest absolute Gasteiger partial charge is 0.251 e. The summed E-state index contributed by atoms with van der Waals surface area (Å²) in [5.41, 5.74) is 7.89. The van der Waals surface area contributed by atoms with Gasteiger partial charge in [-0.3, -0.25) is 4.79 Å². The SMILES string of the molecule is CNC(=O)c1ccc(NCCc2ccc(Cl)s2)c(N)c1. The van der Waals surface area contributed by atoms with Crippen molar-refractivity contribution in [1.29, 1.82) is 0 Å². The second kappa shape index (κ2) is 6.63. The van der Waals surface area contributed by atoms with Crippen LogP contribution < -0.4 is 16.4 Å². The van der Waals surface area contributed by atoms with Gasteiger partial charge in [0.05, 0.1) is 15.7 Å². The Bertz CT molecular complexity index is 612. The standard InChI is InChI=1S/C14H16ClN3OS/c1-17-14(19)9-2-4-12(11(16)8-9)18-7-6-10-3-5-13(15)20-10/h2-5,8,18H,6-7,16H2,1H3,(H,17,19). The van der Waals surface area contributed by atoms with Gasteiger partial charge < -0.3 is 16.4 Å². The first-order chi connectivity index (χ1) is 9.60. The molecule has 0 aliphatic heterocycles. The first-order valence-electron chi connectivity index (χ1n) is 6.20. The van der Waals surface area contributed by atoms with E-state index in [2.05, 4.69) is 10.6 Å². The molecule has 1 aromatic heterocycles. The fourth-order valence-electron chi connectivity index (χ4n) is 1.82. The summed E-state index contributed by atoms with van der Waals surface area (Å²) in [6.45, 7) is 0.764. The number of thiophene rings is 1. The lowest BCUT2D eigenvalue weighted by Gasteiger charge is -2.10. The Balaban J connectivity index is 1.94. The van der Waals surface area contributed by atoms with Crippen LogP contribution in [-0.2, 0) is 6.42 Å². The largest absolute Gasteiger partial charge is 0.397 e. The number of hydrogen-bond acceptors (Lipinski definition) is 4. The van der Waals surface area contributed by atoms with Crippen molar-refractivity contribution in [3.8, 4) is 0 Å². The third-order valence-corrected chi connectivity index (χ3v) is 4.15. The highest BCUT2D eigenvalue weighted by Crippen LogP contribution is 2.23. The van der Waals surface area contributed by atoms with E-state index in [1.54, 1.807) is 30.5 Å². The predicted octanol–water partition coefficient (Wildman–Crippen LogP) is 3.00. The number of carbonyl (C=O) groups is 1. The lowest BCUT2D eigenvalue weighted by molar-refractivity contribution is 0.0963. The van der Waals surface area contributed by atoms with Gasteiger partial charge in [-0.05, 0) is 36.8 Å².